The molecule has 1 amide bonds. The lowest BCUT2D eigenvalue weighted by atomic mass is 10.2. The number of carbonyl (C=O) groups is 1. The summed E-state index contributed by atoms with van der Waals surface area (Å²) in [5.41, 5.74) is 10.8. The van der Waals surface area contributed by atoms with Crippen molar-refractivity contribution in [1.82, 2.24) is 9.80 Å². The Balaban J connectivity index is 2.52. The number of carbonyl (C=O) groups excluding carboxylic acids is 1. The minimum Gasteiger partial charge on any atom is -0.392 e. The molecule has 94 valence electrons. The molecule has 0 aliphatic carbocycles. The lowest BCUT2D eigenvalue weighted by molar-refractivity contribution is -0.119. The zero-order chi connectivity index (χ0) is 12.3. The first kappa shape index (κ1) is 13.4. The van der Waals surface area contributed by atoms with Crippen molar-refractivity contribution in [3.05, 3.63) is 0 Å². The van der Waals surface area contributed by atoms with Crippen LogP contribution < -0.4 is 11.5 Å². The van der Waals surface area contributed by atoms with E-state index < -0.39 is 11.9 Å². The minimum atomic E-state index is -0.657. The van der Waals surface area contributed by atoms with Gasteiger partial charge in [0.2, 0.25) is 5.91 Å². The van der Waals surface area contributed by atoms with E-state index in [0.717, 1.165) is 13.0 Å². The molecule has 1 aliphatic heterocycles. The summed E-state index contributed by atoms with van der Waals surface area (Å²) in [6.07, 6.45) is 0.397. The van der Waals surface area contributed by atoms with Gasteiger partial charge in [0.05, 0.1) is 12.1 Å². The van der Waals surface area contributed by atoms with Crippen LogP contribution in [0.15, 0.2) is 0 Å². The quantitative estimate of drug-likeness (QED) is 0.498. The molecule has 5 N–H and O–H groups in total. The average molecular weight is 230 g/mol. The monoisotopic (exact) mass is 230 g/mol. The molecule has 1 saturated heterocycles. The number of likely N-dealkylation sites (N-methyl/N-ethyl adjacent to an activating group) is 1. The molecule has 0 aromatic heterocycles. The Labute approximate surface area is 96.2 Å². The van der Waals surface area contributed by atoms with E-state index in [9.17, 15) is 9.90 Å². The number of aliphatic hydroxyl groups is 1. The third kappa shape index (κ3) is 3.71. The fourth-order valence-corrected chi connectivity index (χ4v) is 2.14. The van der Waals surface area contributed by atoms with Crippen molar-refractivity contribution in [2.45, 2.75) is 24.6 Å². The number of aliphatic hydroxyl groups excluding tert-OH is 1. The van der Waals surface area contributed by atoms with Gasteiger partial charge in [-0.25, -0.2) is 0 Å². The highest BCUT2D eigenvalue weighted by molar-refractivity contribution is 5.79. The van der Waals surface area contributed by atoms with Crippen LogP contribution >= 0.6 is 0 Å². The van der Waals surface area contributed by atoms with Gasteiger partial charge in [-0.2, -0.15) is 0 Å². The van der Waals surface area contributed by atoms with Crippen molar-refractivity contribution in [2.75, 3.05) is 33.7 Å². The third-order valence-corrected chi connectivity index (χ3v) is 2.88. The molecule has 3 atom stereocenters. The van der Waals surface area contributed by atoms with E-state index in [1.54, 1.807) is 0 Å². The Kier molecular flexibility index (Phi) is 4.67. The van der Waals surface area contributed by atoms with E-state index in [2.05, 4.69) is 4.90 Å². The molecule has 1 rings (SSSR count). The van der Waals surface area contributed by atoms with Crippen LogP contribution in [-0.2, 0) is 4.79 Å². The van der Waals surface area contributed by atoms with E-state index >= 15 is 0 Å². The minimum absolute atomic E-state index is 0.246. The number of hydrogen-bond acceptors (Lipinski definition) is 5. The summed E-state index contributed by atoms with van der Waals surface area (Å²) in [5.74, 6) is -0.495. The maximum atomic E-state index is 10.9. The first-order valence-corrected chi connectivity index (χ1v) is 5.52. The lowest BCUT2D eigenvalue weighted by Gasteiger charge is -2.27. The number of hydrogen-bond donors (Lipinski definition) is 3. The molecule has 16 heavy (non-hydrogen) atoms. The van der Waals surface area contributed by atoms with Crippen LogP contribution in [0.2, 0.25) is 0 Å². The number of primary amides is 1. The highest BCUT2D eigenvalue weighted by Crippen LogP contribution is 2.18. The summed E-state index contributed by atoms with van der Waals surface area (Å²) in [7, 11) is 3.97. The van der Waals surface area contributed by atoms with E-state index in [0.29, 0.717) is 13.1 Å². The molecule has 0 aromatic carbocycles. The number of amides is 1. The van der Waals surface area contributed by atoms with Gasteiger partial charge in [-0.15, -0.1) is 0 Å². The molecular weight excluding hydrogens is 208 g/mol. The molecule has 0 radical (unpaired) electrons. The molecule has 1 heterocycles. The summed E-state index contributed by atoms with van der Waals surface area (Å²) in [6, 6.07) is -0.412. The fraction of sp³-hybridized carbons (Fsp3) is 0.900. The van der Waals surface area contributed by atoms with Crippen LogP contribution in [0.5, 0.6) is 0 Å². The van der Waals surface area contributed by atoms with Gasteiger partial charge in [-0.1, -0.05) is 0 Å². The van der Waals surface area contributed by atoms with Crippen LogP contribution in [0, 0.1) is 0 Å². The molecule has 6 nitrogen and oxygen atoms in total. The molecule has 0 spiro atoms. The second-order valence-corrected chi connectivity index (χ2v) is 4.77. The van der Waals surface area contributed by atoms with Gasteiger partial charge in [-0.05, 0) is 20.5 Å². The van der Waals surface area contributed by atoms with Crippen molar-refractivity contribution in [3.63, 3.8) is 0 Å². The van der Waals surface area contributed by atoms with Crippen LogP contribution in [-0.4, -0.2) is 72.7 Å². The zero-order valence-corrected chi connectivity index (χ0v) is 9.97. The Morgan fingerprint density at radius 2 is 2.25 bits per heavy atom. The van der Waals surface area contributed by atoms with Crippen LogP contribution in [0.1, 0.15) is 6.42 Å². The Hall–Kier alpha value is -0.690. The third-order valence-electron chi connectivity index (χ3n) is 2.88. The molecule has 1 aliphatic rings. The summed E-state index contributed by atoms with van der Waals surface area (Å²) in [5, 5.41) is 9.62. The molecule has 0 bridgehead atoms. The van der Waals surface area contributed by atoms with Crippen molar-refractivity contribution < 1.29 is 9.90 Å². The van der Waals surface area contributed by atoms with Gasteiger partial charge in [0, 0.05) is 25.7 Å². The number of likely N-dealkylation sites (tertiary alicyclic amines) is 1. The molecule has 0 aromatic rings. The van der Waals surface area contributed by atoms with Crippen molar-refractivity contribution in [2.24, 2.45) is 11.5 Å². The van der Waals surface area contributed by atoms with Gasteiger partial charge < -0.3 is 21.5 Å². The topological polar surface area (TPSA) is 95.8 Å². The van der Waals surface area contributed by atoms with Gasteiger partial charge in [0.15, 0.2) is 0 Å². The van der Waals surface area contributed by atoms with E-state index in [1.807, 2.05) is 19.0 Å². The normalized spacial score (nSPS) is 28.6. The molecule has 3 unspecified atom stereocenters. The van der Waals surface area contributed by atoms with Gasteiger partial charge in [-0.3, -0.25) is 9.69 Å². The van der Waals surface area contributed by atoms with Crippen LogP contribution in [0.4, 0.5) is 0 Å². The van der Waals surface area contributed by atoms with E-state index in [-0.39, 0.29) is 12.1 Å². The largest absolute Gasteiger partial charge is 0.392 e. The lowest BCUT2D eigenvalue weighted by Crippen LogP contribution is -2.49. The number of β-amino-alcohol motifs (C(OH)–C–C–N with tert-alkyl or cyclic N) is 1. The first-order chi connectivity index (χ1) is 7.40. The van der Waals surface area contributed by atoms with Crippen molar-refractivity contribution >= 4 is 5.91 Å². The van der Waals surface area contributed by atoms with E-state index in [1.165, 1.54) is 0 Å². The second kappa shape index (κ2) is 5.58. The number of nitrogens with zero attached hydrogens (tertiary/aromatic N) is 2. The van der Waals surface area contributed by atoms with Gasteiger partial charge in [0.25, 0.3) is 0 Å². The number of nitrogens with two attached hydrogens (primary N) is 2. The van der Waals surface area contributed by atoms with Crippen molar-refractivity contribution in [1.29, 1.82) is 0 Å². The highest BCUT2D eigenvalue weighted by atomic mass is 16.3. The maximum absolute atomic E-state index is 10.9. The molecular formula is C10H22N4O2. The Morgan fingerprint density at radius 3 is 2.75 bits per heavy atom. The van der Waals surface area contributed by atoms with Crippen LogP contribution in [0.25, 0.3) is 0 Å². The fourth-order valence-electron chi connectivity index (χ4n) is 2.14. The summed E-state index contributed by atoms with van der Waals surface area (Å²) >= 11 is 0. The van der Waals surface area contributed by atoms with Gasteiger partial charge in [0.1, 0.15) is 0 Å². The summed E-state index contributed by atoms with van der Waals surface area (Å²) in [4.78, 5) is 15.0. The smallest absolute Gasteiger partial charge is 0.235 e. The molecule has 0 saturated carbocycles. The Bertz CT molecular complexity index is 247. The SMILES string of the molecule is CN(C)CC1CC(O)CN1CC(N)C(N)=O. The predicted octanol–water partition coefficient (Wildman–Crippen LogP) is -2.20. The number of rotatable bonds is 5. The Morgan fingerprint density at radius 1 is 1.62 bits per heavy atom. The second-order valence-electron chi connectivity index (χ2n) is 4.77. The van der Waals surface area contributed by atoms with Crippen molar-refractivity contribution in [3.8, 4) is 0 Å². The van der Waals surface area contributed by atoms with E-state index in [4.69, 9.17) is 11.5 Å². The average Bonchev–Trinajstić information content (AvgIpc) is 2.45. The van der Waals surface area contributed by atoms with Crippen LogP contribution in [0.3, 0.4) is 0 Å². The van der Waals surface area contributed by atoms with Gasteiger partial charge >= 0.3 is 0 Å². The predicted molar refractivity (Wildman–Crippen MR) is 61.7 cm³/mol. The standard InChI is InChI=1S/C10H22N4O2/c1-13(2)4-7-3-8(15)5-14(7)6-9(11)10(12)16/h7-9,15H,3-6,11H2,1-2H3,(H2,12,16). The summed E-state index contributed by atoms with van der Waals surface area (Å²) in [6.45, 7) is 1.84. The highest BCUT2D eigenvalue weighted by Gasteiger charge is 2.32. The maximum Gasteiger partial charge on any atom is 0.235 e. The first-order valence-electron chi connectivity index (χ1n) is 5.52. The summed E-state index contributed by atoms with van der Waals surface area (Å²) < 4.78 is 0. The molecule has 6 heteroatoms. The zero-order valence-electron chi connectivity index (χ0n) is 9.97. The molecule has 1 fully saturated rings.